The number of nitrogens with one attached hydrogen (secondary N) is 4. The lowest BCUT2D eigenvalue weighted by molar-refractivity contribution is -0.153. The maximum Gasteiger partial charge on any atom is 0.320 e. The molecule has 0 spiro atoms. The number of aliphatic carboxylic acids is 1. The molecule has 3 amide bonds. The van der Waals surface area contributed by atoms with Gasteiger partial charge < -0.3 is 41.6 Å². The molecule has 40 heavy (non-hydrogen) atoms. The predicted octanol–water partition coefficient (Wildman–Crippen LogP) is -1.54. The molecular formula is C24H38N6O9S. The quantitative estimate of drug-likeness (QED) is 0.0554. The van der Waals surface area contributed by atoms with Gasteiger partial charge in [0, 0.05) is 62.0 Å². The highest BCUT2D eigenvalue weighted by Gasteiger charge is 2.35. The van der Waals surface area contributed by atoms with Crippen LogP contribution in [0.5, 0.6) is 0 Å². The maximum atomic E-state index is 12.3. The van der Waals surface area contributed by atoms with Crippen molar-refractivity contribution in [1.29, 1.82) is 0 Å². The van der Waals surface area contributed by atoms with Gasteiger partial charge in [0.2, 0.25) is 17.7 Å². The van der Waals surface area contributed by atoms with E-state index in [4.69, 9.17) is 15.6 Å². The summed E-state index contributed by atoms with van der Waals surface area (Å²) in [5.74, 6) is -3.21. The summed E-state index contributed by atoms with van der Waals surface area (Å²) in [6.45, 7) is 3.21. The molecule has 15 nitrogen and oxygen atoms in total. The Hall–Kier alpha value is -3.50. The van der Waals surface area contributed by atoms with Gasteiger partial charge in [-0.3, -0.25) is 28.8 Å². The molecule has 1 heterocycles. The minimum Gasteiger partial charge on any atom is -0.480 e. The number of aliphatic hydroxyl groups excluding tert-OH is 1. The number of rotatable bonds is 19. The van der Waals surface area contributed by atoms with Crippen molar-refractivity contribution >= 4 is 46.5 Å². The van der Waals surface area contributed by atoms with Gasteiger partial charge in [0.15, 0.2) is 5.12 Å². The van der Waals surface area contributed by atoms with Crippen LogP contribution in [0, 0.1) is 5.41 Å². The van der Waals surface area contributed by atoms with Crippen LogP contribution in [-0.2, 0) is 39.9 Å². The lowest BCUT2D eigenvalue weighted by Crippen LogP contribution is -2.47. The van der Waals surface area contributed by atoms with Gasteiger partial charge in [-0.2, -0.15) is 0 Å². The second-order valence-corrected chi connectivity index (χ2v) is 10.7. The molecule has 0 unspecified atom stereocenters. The Morgan fingerprint density at radius 2 is 1.77 bits per heavy atom. The number of carboxylic acids is 1. The summed E-state index contributed by atoms with van der Waals surface area (Å²) in [6.07, 6.45) is 1.52. The number of aliphatic hydroxyl groups is 1. The number of imidazole rings is 1. The topological polar surface area (TPSA) is 243 Å². The Kier molecular flexibility index (Phi) is 15.5. The first-order valence-electron chi connectivity index (χ1n) is 12.6. The lowest BCUT2D eigenvalue weighted by atomic mass is 9.87. The van der Waals surface area contributed by atoms with Crippen molar-refractivity contribution in [2.75, 3.05) is 32.0 Å². The Morgan fingerprint density at radius 3 is 2.42 bits per heavy atom. The summed E-state index contributed by atoms with van der Waals surface area (Å²) < 4.78 is 5.03. The molecule has 1 aromatic heterocycles. The van der Waals surface area contributed by atoms with Crippen molar-refractivity contribution in [3.8, 4) is 0 Å². The van der Waals surface area contributed by atoms with E-state index in [1.165, 1.54) is 20.2 Å². The normalized spacial score (nSPS) is 12.6. The molecule has 0 saturated heterocycles. The number of carbonyl (C=O) groups is 6. The molecule has 0 aliphatic rings. The molecule has 0 bridgehead atoms. The molecule has 0 aliphatic carbocycles. The molecular weight excluding hydrogens is 548 g/mol. The highest BCUT2D eigenvalue weighted by atomic mass is 32.2. The first-order valence-corrected chi connectivity index (χ1v) is 13.6. The van der Waals surface area contributed by atoms with Crippen LogP contribution in [0.3, 0.4) is 0 Å². The van der Waals surface area contributed by atoms with E-state index in [-0.39, 0.29) is 68.1 Å². The minimum absolute atomic E-state index is 0.0601. The maximum absolute atomic E-state index is 12.3. The zero-order chi connectivity index (χ0) is 30.1. The SMILES string of the molecule is CC(C)(COC(=O)CC[C@H](N)C(=O)O)[C@@H](O)C(=O)NCCC(=O)NCCSC(=O)CC(=O)NCCc1cnc[nH]1. The number of esters is 1. The van der Waals surface area contributed by atoms with Gasteiger partial charge in [-0.05, 0) is 6.42 Å². The second kappa shape index (κ2) is 18.0. The smallest absolute Gasteiger partial charge is 0.320 e. The molecule has 0 fully saturated rings. The van der Waals surface area contributed by atoms with E-state index in [2.05, 4.69) is 25.9 Å². The average molecular weight is 587 g/mol. The van der Waals surface area contributed by atoms with E-state index < -0.39 is 35.4 Å². The van der Waals surface area contributed by atoms with E-state index >= 15 is 0 Å². The summed E-state index contributed by atoms with van der Waals surface area (Å²) in [7, 11) is 0. The van der Waals surface area contributed by atoms with Crippen molar-refractivity contribution in [2.24, 2.45) is 11.1 Å². The van der Waals surface area contributed by atoms with Crippen LogP contribution < -0.4 is 21.7 Å². The fourth-order valence-corrected chi connectivity index (χ4v) is 3.68. The van der Waals surface area contributed by atoms with Crippen LogP contribution in [0.15, 0.2) is 12.5 Å². The van der Waals surface area contributed by atoms with Crippen LogP contribution in [0.4, 0.5) is 0 Å². The van der Waals surface area contributed by atoms with Crippen molar-refractivity contribution in [2.45, 2.75) is 58.1 Å². The van der Waals surface area contributed by atoms with E-state index in [0.717, 1.165) is 17.5 Å². The third-order valence-electron chi connectivity index (χ3n) is 5.49. The van der Waals surface area contributed by atoms with Gasteiger partial charge in [0.05, 0.1) is 19.4 Å². The third kappa shape index (κ3) is 14.6. The number of hydrogen-bond acceptors (Lipinski definition) is 11. The second-order valence-electron chi connectivity index (χ2n) is 9.50. The molecule has 1 rings (SSSR count). The highest BCUT2D eigenvalue weighted by molar-refractivity contribution is 8.13. The largest absolute Gasteiger partial charge is 0.480 e. The van der Waals surface area contributed by atoms with Crippen LogP contribution in [0.25, 0.3) is 0 Å². The molecule has 2 atom stereocenters. The van der Waals surface area contributed by atoms with Gasteiger partial charge >= 0.3 is 11.9 Å². The van der Waals surface area contributed by atoms with Gasteiger partial charge in [0.1, 0.15) is 12.1 Å². The Bertz CT molecular complexity index is 1000. The fraction of sp³-hybridized carbons (Fsp3) is 0.625. The highest BCUT2D eigenvalue weighted by Crippen LogP contribution is 2.22. The molecule has 0 aromatic carbocycles. The van der Waals surface area contributed by atoms with Gasteiger partial charge in [0.25, 0.3) is 0 Å². The number of carboxylic acid groups (broad SMARTS) is 1. The first-order chi connectivity index (χ1) is 18.8. The zero-order valence-electron chi connectivity index (χ0n) is 22.6. The standard InChI is InChI=1S/C24H38N6O9S/c1-24(2,13-39-19(33)4-3-16(25)23(37)38)21(35)22(36)29-8-6-17(31)28-9-10-40-20(34)11-18(32)27-7-5-15-12-26-14-30-15/h12,14,16,21,35H,3-11,13,25H2,1-2H3,(H,26,30)(H,27,32)(H,28,31)(H,29,36)(H,37,38)/t16-,21-/m0/s1. The monoisotopic (exact) mass is 586 g/mol. The molecule has 0 saturated carbocycles. The van der Waals surface area contributed by atoms with Gasteiger partial charge in [-0.15, -0.1) is 0 Å². The minimum atomic E-state index is -1.55. The van der Waals surface area contributed by atoms with E-state index in [1.807, 2.05) is 0 Å². The summed E-state index contributed by atoms with van der Waals surface area (Å²) >= 11 is 0.924. The fourth-order valence-electron chi connectivity index (χ4n) is 3.01. The predicted molar refractivity (Wildman–Crippen MR) is 144 cm³/mol. The summed E-state index contributed by atoms with van der Waals surface area (Å²) in [5, 5.41) is 26.4. The third-order valence-corrected chi connectivity index (χ3v) is 6.36. The Labute approximate surface area is 235 Å². The summed E-state index contributed by atoms with van der Waals surface area (Å²) in [4.78, 5) is 77.2. The van der Waals surface area contributed by atoms with Crippen molar-refractivity contribution in [1.82, 2.24) is 25.9 Å². The number of nitrogens with zero attached hydrogens (tertiary/aromatic N) is 1. The molecule has 224 valence electrons. The average Bonchev–Trinajstić information content (AvgIpc) is 3.41. The number of carbonyl (C=O) groups excluding carboxylic acids is 5. The number of nitrogens with two attached hydrogens (primary N) is 1. The number of ether oxygens (including phenoxy) is 1. The number of aromatic amines is 1. The number of H-pyrrole nitrogens is 1. The molecule has 8 N–H and O–H groups in total. The first kappa shape index (κ1) is 34.5. The number of thioether (sulfide) groups is 1. The Morgan fingerprint density at radius 1 is 1.07 bits per heavy atom. The van der Waals surface area contributed by atoms with Crippen molar-refractivity contribution < 1.29 is 43.7 Å². The van der Waals surface area contributed by atoms with E-state index in [1.54, 1.807) is 6.20 Å². The molecule has 1 aromatic rings. The van der Waals surface area contributed by atoms with Gasteiger partial charge in [-0.1, -0.05) is 25.6 Å². The molecule has 0 radical (unpaired) electrons. The molecule has 16 heteroatoms. The van der Waals surface area contributed by atoms with Crippen molar-refractivity contribution in [3.63, 3.8) is 0 Å². The lowest BCUT2D eigenvalue weighted by Gasteiger charge is -2.29. The van der Waals surface area contributed by atoms with Gasteiger partial charge in [-0.25, -0.2) is 4.98 Å². The summed E-state index contributed by atoms with van der Waals surface area (Å²) in [6, 6.07) is -1.20. The summed E-state index contributed by atoms with van der Waals surface area (Å²) in [5.41, 5.74) is 5.04. The molecule has 0 aliphatic heterocycles. The number of hydrogen-bond donors (Lipinski definition) is 7. The number of amides is 3. The zero-order valence-corrected chi connectivity index (χ0v) is 23.4. The van der Waals surface area contributed by atoms with Crippen LogP contribution >= 0.6 is 11.8 Å². The van der Waals surface area contributed by atoms with Crippen LogP contribution in [-0.4, -0.2) is 99.1 Å². The number of aromatic nitrogens is 2. The van der Waals surface area contributed by atoms with E-state index in [0.29, 0.717) is 13.0 Å². The van der Waals surface area contributed by atoms with E-state index in [9.17, 15) is 33.9 Å². The van der Waals surface area contributed by atoms with Crippen LogP contribution in [0.2, 0.25) is 0 Å². The Balaban J connectivity index is 2.17. The van der Waals surface area contributed by atoms with Crippen molar-refractivity contribution in [3.05, 3.63) is 18.2 Å². The van der Waals surface area contributed by atoms with Crippen LogP contribution in [0.1, 0.15) is 45.2 Å².